The molecule has 0 aliphatic carbocycles. The first-order valence-electron chi connectivity index (χ1n) is 3.10. The molecule has 0 aliphatic heterocycles. The molecular weight excluding hydrogens is 243 g/mol. The van der Waals surface area contributed by atoms with E-state index >= 15 is 0 Å². The molecular formula is C7H2BrFN2O2. The highest BCUT2D eigenvalue weighted by Crippen LogP contribution is 2.27. The van der Waals surface area contributed by atoms with Crippen LogP contribution in [0.15, 0.2) is 16.6 Å². The Morgan fingerprint density at radius 1 is 1.62 bits per heavy atom. The van der Waals surface area contributed by atoms with E-state index in [-0.39, 0.29) is 10.0 Å². The Morgan fingerprint density at radius 2 is 2.23 bits per heavy atom. The summed E-state index contributed by atoms with van der Waals surface area (Å²) in [5.74, 6) is -1.02. The molecule has 0 atom stereocenters. The Morgan fingerprint density at radius 3 is 2.69 bits per heavy atom. The van der Waals surface area contributed by atoms with E-state index < -0.39 is 16.4 Å². The van der Waals surface area contributed by atoms with Crippen LogP contribution in [-0.4, -0.2) is 4.92 Å². The molecule has 1 rings (SSSR count). The van der Waals surface area contributed by atoms with Crippen LogP contribution in [0.2, 0.25) is 0 Å². The van der Waals surface area contributed by atoms with Crippen molar-refractivity contribution in [1.29, 1.82) is 5.26 Å². The molecule has 0 aliphatic rings. The second-order valence-electron chi connectivity index (χ2n) is 2.13. The van der Waals surface area contributed by atoms with Gasteiger partial charge in [-0.3, -0.25) is 10.1 Å². The largest absolute Gasteiger partial charge is 0.323 e. The van der Waals surface area contributed by atoms with Gasteiger partial charge < -0.3 is 0 Å². The minimum Gasteiger partial charge on any atom is -0.258 e. The quantitative estimate of drug-likeness (QED) is 0.563. The molecule has 0 heterocycles. The van der Waals surface area contributed by atoms with Crippen LogP contribution in [0.25, 0.3) is 0 Å². The summed E-state index contributed by atoms with van der Waals surface area (Å²) in [5, 5.41) is 18.8. The van der Waals surface area contributed by atoms with Crippen LogP contribution in [0, 0.1) is 27.3 Å². The van der Waals surface area contributed by atoms with E-state index in [2.05, 4.69) is 15.9 Å². The average molecular weight is 245 g/mol. The van der Waals surface area contributed by atoms with E-state index in [1.54, 1.807) is 6.07 Å². The third kappa shape index (κ3) is 1.65. The Balaban J connectivity index is 3.53. The summed E-state index contributed by atoms with van der Waals surface area (Å²) in [6.07, 6.45) is 0. The summed E-state index contributed by atoms with van der Waals surface area (Å²) in [4.78, 5) is 9.43. The van der Waals surface area contributed by atoms with Crippen LogP contribution in [0.1, 0.15) is 5.56 Å². The molecule has 0 saturated carbocycles. The van der Waals surface area contributed by atoms with Crippen molar-refractivity contribution in [2.75, 3.05) is 0 Å². The van der Waals surface area contributed by atoms with Crippen molar-refractivity contribution in [2.45, 2.75) is 0 Å². The Labute approximate surface area is 80.9 Å². The lowest BCUT2D eigenvalue weighted by Crippen LogP contribution is -1.96. The van der Waals surface area contributed by atoms with Crippen molar-refractivity contribution in [1.82, 2.24) is 0 Å². The van der Waals surface area contributed by atoms with Crippen molar-refractivity contribution in [2.24, 2.45) is 0 Å². The first-order valence-corrected chi connectivity index (χ1v) is 3.89. The zero-order valence-corrected chi connectivity index (χ0v) is 7.71. The zero-order valence-electron chi connectivity index (χ0n) is 6.12. The summed E-state index contributed by atoms with van der Waals surface area (Å²) >= 11 is 2.79. The van der Waals surface area contributed by atoms with E-state index in [1.165, 1.54) is 12.1 Å². The van der Waals surface area contributed by atoms with Gasteiger partial charge in [-0.15, -0.1) is 0 Å². The normalized spacial score (nSPS) is 9.31. The van der Waals surface area contributed by atoms with Gasteiger partial charge in [-0.05, 0) is 28.1 Å². The highest BCUT2D eigenvalue weighted by molar-refractivity contribution is 9.10. The van der Waals surface area contributed by atoms with E-state index in [0.29, 0.717) is 0 Å². The maximum absolute atomic E-state index is 13.1. The predicted octanol–water partition coefficient (Wildman–Crippen LogP) is 2.37. The van der Waals surface area contributed by atoms with Crippen molar-refractivity contribution in [3.8, 4) is 6.07 Å². The van der Waals surface area contributed by atoms with Gasteiger partial charge in [0.15, 0.2) is 0 Å². The number of nitrogens with zero attached hydrogens (tertiary/aromatic N) is 2. The Hall–Kier alpha value is -1.48. The molecule has 0 aromatic heterocycles. The summed E-state index contributed by atoms with van der Waals surface area (Å²) in [5.41, 5.74) is -1.08. The minimum absolute atomic E-state index is 0.0294. The average Bonchev–Trinajstić information content (AvgIpc) is 2.08. The zero-order chi connectivity index (χ0) is 10.0. The van der Waals surface area contributed by atoms with Gasteiger partial charge in [-0.25, -0.2) is 0 Å². The van der Waals surface area contributed by atoms with Crippen LogP contribution in [-0.2, 0) is 0 Å². The SMILES string of the molecule is N#Cc1ccc(Br)c(F)c1[N+](=O)[O-]. The number of hydrogen-bond donors (Lipinski definition) is 0. The molecule has 4 nitrogen and oxygen atoms in total. The molecule has 0 N–H and O–H groups in total. The summed E-state index contributed by atoms with van der Waals surface area (Å²) in [6.45, 7) is 0. The highest BCUT2D eigenvalue weighted by Gasteiger charge is 2.22. The van der Waals surface area contributed by atoms with Crippen LogP contribution in [0.5, 0.6) is 0 Å². The number of halogens is 2. The first-order chi connectivity index (χ1) is 6.07. The summed E-state index contributed by atoms with van der Waals surface area (Å²) in [6, 6.07) is 3.98. The number of nitro benzene ring substituents is 1. The van der Waals surface area contributed by atoms with E-state index in [1.807, 2.05) is 0 Å². The third-order valence-electron chi connectivity index (χ3n) is 1.37. The van der Waals surface area contributed by atoms with Gasteiger partial charge in [0.1, 0.15) is 11.6 Å². The summed E-state index contributed by atoms with van der Waals surface area (Å²) < 4.78 is 13.0. The van der Waals surface area contributed by atoms with Gasteiger partial charge in [0.05, 0.1) is 9.40 Å². The standard InChI is InChI=1S/C7H2BrFN2O2/c8-5-2-1-4(3-10)7(6(5)9)11(12)13/h1-2H. The second-order valence-corrected chi connectivity index (χ2v) is 2.98. The maximum atomic E-state index is 13.1. The lowest BCUT2D eigenvalue weighted by Gasteiger charge is -1.97. The number of nitriles is 1. The van der Waals surface area contributed by atoms with E-state index in [0.717, 1.165) is 0 Å². The van der Waals surface area contributed by atoms with Gasteiger partial charge in [0.25, 0.3) is 0 Å². The van der Waals surface area contributed by atoms with Crippen molar-refractivity contribution >= 4 is 21.6 Å². The van der Waals surface area contributed by atoms with Crippen molar-refractivity contribution in [3.05, 3.63) is 38.1 Å². The van der Waals surface area contributed by atoms with Gasteiger partial charge >= 0.3 is 5.69 Å². The highest BCUT2D eigenvalue weighted by atomic mass is 79.9. The van der Waals surface area contributed by atoms with Crippen molar-refractivity contribution < 1.29 is 9.31 Å². The molecule has 0 spiro atoms. The third-order valence-corrected chi connectivity index (χ3v) is 1.98. The number of benzene rings is 1. The van der Waals surface area contributed by atoms with Gasteiger partial charge in [-0.1, -0.05) is 0 Å². The number of nitro groups is 1. The fourth-order valence-corrected chi connectivity index (χ4v) is 1.13. The fourth-order valence-electron chi connectivity index (χ4n) is 0.809. The topological polar surface area (TPSA) is 66.9 Å². The monoisotopic (exact) mass is 244 g/mol. The molecule has 0 unspecified atom stereocenters. The van der Waals surface area contributed by atoms with Crippen LogP contribution < -0.4 is 0 Å². The molecule has 1 aromatic rings. The van der Waals surface area contributed by atoms with Gasteiger partial charge in [-0.2, -0.15) is 9.65 Å². The lowest BCUT2D eigenvalue weighted by atomic mass is 10.2. The van der Waals surface area contributed by atoms with Crippen LogP contribution in [0.3, 0.4) is 0 Å². The smallest absolute Gasteiger partial charge is 0.258 e. The maximum Gasteiger partial charge on any atom is 0.323 e. The molecule has 0 bridgehead atoms. The molecule has 13 heavy (non-hydrogen) atoms. The van der Waals surface area contributed by atoms with E-state index in [4.69, 9.17) is 5.26 Å². The van der Waals surface area contributed by atoms with Crippen molar-refractivity contribution in [3.63, 3.8) is 0 Å². The van der Waals surface area contributed by atoms with Crippen LogP contribution >= 0.6 is 15.9 Å². The first kappa shape index (κ1) is 9.61. The second kappa shape index (κ2) is 3.49. The Bertz CT molecular complexity index is 414. The van der Waals surface area contributed by atoms with Crippen LogP contribution in [0.4, 0.5) is 10.1 Å². The fraction of sp³-hybridized carbons (Fsp3) is 0. The molecule has 66 valence electrons. The molecule has 1 aromatic carbocycles. The minimum atomic E-state index is -1.02. The number of hydrogen-bond acceptors (Lipinski definition) is 3. The molecule has 0 amide bonds. The number of rotatable bonds is 1. The summed E-state index contributed by atoms with van der Waals surface area (Å²) in [7, 11) is 0. The predicted molar refractivity (Wildman–Crippen MR) is 45.5 cm³/mol. The Kier molecular flexibility index (Phi) is 2.58. The molecule has 0 fully saturated rings. The van der Waals surface area contributed by atoms with Gasteiger partial charge in [0, 0.05) is 0 Å². The molecule has 0 saturated heterocycles. The van der Waals surface area contributed by atoms with Gasteiger partial charge in [0.2, 0.25) is 5.82 Å². The molecule has 6 heteroatoms. The molecule has 0 radical (unpaired) electrons. The van der Waals surface area contributed by atoms with E-state index in [9.17, 15) is 14.5 Å². The lowest BCUT2D eigenvalue weighted by molar-refractivity contribution is -0.387.